The van der Waals surface area contributed by atoms with Gasteiger partial charge < -0.3 is 14.4 Å². The Kier molecular flexibility index (Phi) is 4.51. The standard InChI is InChI=1S/C18H17N5O4/c1-12-5-6-13-3-2-4-14(15(13)21-12)27-18-16(23(24)25)17(19-11-20-18)22-7-9-26-10-8-22/h2-6,11H,7-10H2,1H3. The normalized spacial score (nSPS) is 14.3. The number of pyridine rings is 1. The van der Waals surface area contributed by atoms with Crippen LogP contribution in [-0.4, -0.2) is 46.2 Å². The Hall–Kier alpha value is -3.33. The molecule has 1 fully saturated rings. The van der Waals surface area contributed by atoms with Gasteiger partial charge in [0.1, 0.15) is 11.8 Å². The van der Waals surface area contributed by atoms with Gasteiger partial charge in [0.2, 0.25) is 5.82 Å². The van der Waals surface area contributed by atoms with E-state index in [2.05, 4.69) is 15.0 Å². The van der Waals surface area contributed by atoms with Gasteiger partial charge in [-0.05, 0) is 19.1 Å². The lowest BCUT2D eigenvalue weighted by Crippen LogP contribution is -2.37. The number of morpholine rings is 1. The summed E-state index contributed by atoms with van der Waals surface area (Å²) in [6.45, 7) is 3.90. The van der Waals surface area contributed by atoms with E-state index in [1.54, 1.807) is 6.07 Å². The van der Waals surface area contributed by atoms with Crippen LogP contribution in [-0.2, 0) is 4.74 Å². The minimum absolute atomic E-state index is 0.104. The molecule has 138 valence electrons. The molecule has 3 heterocycles. The number of para-hydroxylation sites is 1. The van der Waals surface area contributed by atoms with Crippen LogP contribution >= 0.6 is 0 Å². The van der Waals surface area contributed by atoms with Crippen LogP contribution in [0.2, 0.25) is 0 Å². The van der Waals surface area contributed by atoms with Gasteiger partial charge in [0.15, 0.2) is 5.75 Å². The minimum atomic E-state index is -0.510. The maximum absolute atomic E-state index is 11.8. The summed E-state index contributed by atoms with van der Waals surface area (Å²) in [6.07, 6.45) is 1.27. The molecule has 0 saturated carbocycles. The summed E-state index contributed by atoms with van der Waals surface area (Å²) in [5, 5.41) is 12.6. The van der Waals surface area contributed by atoms with Crippen molar-refractivity contribution in [3.63, 3.8) is 0 Å². The summed E-state index contributed by atoms with van der Waals surface area (Å²) in [6, 6.07) is 9.26. The Labute approximate surface area is 154 Å². The van der Waals surface area contributed by atoms with E-state index in [1.165, 1.54) is 6.33 Å². The number of hydrogen-bond acceptors (Lipinski definition) is 8. The highest BCUT2D eigenvalue weighted by atomic mass is 16.6. The molecule has 0 aliphatic carbocycles. The average molecular weight is 367 g/mol. The average Bonchev–Trinajstić information content (AvgIpc) is 2.69. The summed E-state index contributed by atoms with van der Waals surface area (Å²) in [4.78, 5) is 25.7. The van der Waals surface area contributed by atoms with E-state index in [4.69, 9.17) is 9.47 Å². The number of nitrogens with zero attached hydrogens (tertiary/aromatic N) is 5. The third-order valence-corrected chi connectivity index (χ3v) is 4.29. The molecule has 4 rings (SSSR count). The molecule has 1 aliphatic heterocycles. The van der Waals surface area contributed by atoms with Crippen molar-refractivity contribution in [2.75, 3.05) is 31.2 Å². The number of ether oxygens (including phenoxy) is 2. The second-order valence-electron chi connectivity index (χ2n) is 6.09. The molecule has 0 bridgehead atoms. The molecule has 2 aromatic heterocycles. The van der Waals surface area contributed by atoms with E-state index in [9.17, 15) is 10.1 Å². The predicted octanol–water partition coefficient (Wildman–Crippen LogP) is 2.87. The summed E-state index contributed by atoms with van der Waals surface area (Å²) in [7, 11) is 0. The van der Waals surface area contributed by atoms with Crippen LogP contribution in [0.1, 0.15) is 5.69 Å². The predicted molar refractivity (Wildman–Crippen MR) is 98.3 cm³/mol. The zero-order valence-corrected chi connectivity index (χ0v) is 14.7. The van der Waals surface area contributed by atoms with Crippen molar-refractivity contribution < 1.29 is 14.4 Å². The second kappa shape index (κ2) is 7.12. The molecular formula is C18H17N5O4. The number of nitro groups is 1. The van der Waals surface area contributed by atoms with Gasteiger partial charge in [0, 0.05) is 24.2 Å². The van der Waals surface area contributed by atoms with Crippen molar-refractivity contribution in [3.05, 3.63) is 52.5 Å². The summed E-state index contributed by atoms with van der Waals surface area (Å²) in [5.41, 5.74) is 1.19. The second-order valence-corrected chi connectivity index (χ2v) is 6.09. The zero-order valence-electron chi connectivity index (χ0n) is 14.7. The van der Waals surface area contributed by atoms with Crippen molar-refractivity contribution in [1.82, 2.24) is 15.0 Å². The van der Waals surface area contributed by atoms with Gasteiger partial charge in [-0.2, -0.15) is 4.98 Å². The van der Waals surface area contributed by atoms with Crippen molar-refractivity contribution in [2.45, 2.75) is 6.92 Å². The highest BCUT2D eigenvalue weighted by Gasteiger charge is 2.30. The SMILES string of the molecule is Cc1ccc2cccc(Oc3ncnc(N4CCOCC4)c3[N+](=O)[O-])c2n1. The maximum atomic E-state index is 11.8. The molecule has 0 amide bonds. The molecule has 0 unspecified atom stereocenters. The number of benzene rings is 1. The van der Waals surface area contributed by atoms with Crippen LogP contribution in [0.5, 0.6) is 11.6 Å². The lowest BCUT2D eigenvalue weighted by Gasteiger charge is -2.27. The Bertz CT molecular complexity index is 1000. The van der Waals surface area contributed by atoms with Gasteiger partial charge in [-0.25, -0.2) is 9.97 Å². The van der Waals surface area contributed by atoms with Crippen LogP contribution in [0.4, 0.5) is 11.5 Å². The smallest absolute Gasteiger partial charge is 0.373 e. The lowest BCUT2D eigenvalue weighted by molar-refractivity contribution is -0.385. The maximum Gasteiger partial charge on any atom is 0.373 e. The van der Waals surface area contributed by atoms with E-state index in [0.29, 0.717) is 37.6 Å². The monoisotopic (exact) mass is 367 g/mol. The first-order chi connectivity index (χ1) is 13.1. The number of aryl methyl sites for hydroxylation is 1. The summed E-state index contributed by atoms with van der Waals surface area (Å²) in [5.74, 6) is 0.538. The quantitative estimate of drug-likeness (QED) is 0.512. The van der Waals surface area contributed by atoms with Gasteiger partial charge in [0.05, 0.1) is 18.1 Å². The number of fused-ring (bicyclic) bond motifs is 1. The molecule has 0 N–H and O–H groups in total. The van der Waals surface area contributed by atoms with Crippen molar-refractivity contribution in [2.24, 2.45) is 0 Å². The molecule has 0 spiro atoms. The molecule has 1 saturated heterocycles. The number of rotatable bonds is 4. The first kappa shape index (κ1) is 17.1. The third-order valence-electron chi connectivity index (χ3n) is 4.29. The van der Waals surface area contributed by atoms with E-state index >= 15 is 0 Å². The molecule has 1 aliphatic rings. The van der Waals surface area contributed by atoms with Gasteiger partial charge in [-0.1, -0.05) is 18.2 Å². The van der Waals surface area contributed by atoms with E-state index in [0.717, 1.165) is 11.1 Å². The fraction of sp³-hybridized carbons (Fsp3) is 0.278. The van der Waals surface area contributed by atoms with E-state index < -0.39 is 4.92 Å². The fourth-order valence-electron chi connectivity index (χ4n) is 3.00. The Morgan fingerprint density at radius 3 is 2.78 bits per heavy atom. The summed E-state index contributed by atoms with van der Waals surface area (Å²) >= 11 is 0. The number of anilines is 1. The Morgan fingerprint density at radius 1 is 1.19 bits per heavy atom. The first-order valence-electron chi connectivity index (χ1n) is 8.50. The highest BCUT2D eigenvalue weighted by Crippen LogP contribution is 2.37. The van der Waals surface area contributed by atoms with Crippen molar-refractivity contribution in [1.29, 1.82) is 0 Å². The highest BCUT2D eigenvalue weighted by molar-refractivity contribution is 5.85. The molecule has 0 radical (unpaired) electrons. The number of aromatic nitrogens is 3. The van der Waals surface area contributed by atoms with Crippen LogP contribution in [0, 0.1) is 17.0 Å². The largest absolute Gasteiger partial charge is 0.431 e. The Balaban J connectivity index is 1.78. The van der Waals surface area contributed by atoms with E-state index in [-0.39, 0.29) is 17.4 Å². The van der Waals surface area contributed by atoms with Gasteiger partial charge in [0.25, 0.3) is 0 Å². The van der Waals surface area contributed by atoms with Crippen molar-refractivity contribution >= 4 is 22.4 Å². The van der Waals surface area contributed by atoms with Gasteiger partial charge >= 0.3 is 11.6 Å². The number of hydrogen-bond donors (Lipinski definition) is 0. The van der Waals surface area contributed by atoms with Crippen LogP contribution < -0.4 is 9.64 Å². The molecule has 27 heavy (non-hydrogen) atoms. The van der Waals surface area contributed by atoms with E-state index in [1.807, 2.05) is 36.1 Å². The third kappa shape index (κ3) is 3.36. The zero-order chi connectivity index (χ0) is 18.8. The molecule has 3 aromatic rings. The van der Waals surface area contributed by atoms with Crippen LogP contribution in [0.3, 0.4) is 0 Å². The van der Waals surface area contributed by atoms with Gasteiger partial charge in [-0.3, -0.25) is 10.1 Å². The molecule has 1 aromatic carbocycles. The van der Waals surface area contributed by atoms with Crippen molar-refractivity contribution in [3.8, 4) is 11.6 Å². The summed E-state index contributed by atoms with van der Waals surface area (Å²) < 4.78 is 11.2. The van der Waals surface area contributed by atoms with Gasteiger partial charge in [-0.15, -0.1) is 0 Å². The molecule has 9 nitrogen and oxygen atoms in total. The Morgan fingerprint density at radius 2 is 2.00 bits per heavy atom. The van der Waals surface area contributed by atoms with Crippen LogP contribution in [0.25, 0.3) is 10.9 Å². The first-order valence-corrected chi connectivity index (χ1v) is 8.50. The topological polar surface area (TPSA) is 104 Å². The fourth-order valence-corrected chi connectivity index (χ4v) is 3.00. The molecule has 9 heteroatoms. The van der Waals surface area contributed by atoms with Crippen LogP contribution in [0.15, 0.2) is 36.7 Å². The molecule has 0 atom stereocenters. The molecular weight excluding hydrogens is 350 g/mol. The minimum Gasteiger partial charge on any atom is -0.431 e. The lowest BCUT2D eigenvalue weighted by atomic mass is 10.2.